The highest BCUT2D eigenvalue weighted by molar-refractivity contribution is 5.84. The van der Waals surface area contributed by atoms with Gasteiger partial charge in [0.15, 0.2) is 5.69 Å². The number of hydrogen-bond acceptors (Lipinski definition) is 2. The molecule has 0 unspecified atom stereocenters. The van der Waals surface area contributed by atoms with Gasteiger partial charge in [-0.05, 0) is 31.2 Å². The Balaban J connectivity index is 1.98. The van der Waals surface area contributed by atoms with Crippen LogP contribution in [0, 0.1) is 6.92 Å². The Morgan fingerprint density at radius 2 is 1.72 bits per heavy atom. The van der Waals surface area contributed by atoms with Gasteiger partial charge in [-0.2, -0.15) is 23.0 Å². The fourth-order valence-corrected chi connectivity index (χ4v) is 2.80. The van der Waals surface area contributed by atoms with Crippen LogP contribution in [-0.4, -0.2) is 9.78 Å². The summed E-state index contributed by atoms with van der Waals surface area (Å²) in [6.07, 6.45) is -4.56. The van der Waals surface area contributed by atoms with Gasteiger partial charge in [0.25, 0.3) is 0 Å². The lowest BCUT2D eigenvalue weighted by atomic mass is 10.1. The molecule has 2 aromatic carbocycles. The average molecular weight is 342 g/mol. The first-order valence-electron chi connectivity index (χ1n) is 7.66. The van der Waals surface area contributed by atoms with E-state index in [1.165, 1.54) is 10.7 Å². The summed E-state index contributed by atoms with van der Waals surface area (Å²) in [6.45, 7) is 1.92. The molecular weight excluding hydrogens is 329 g/mol. The third-order valence-electron chi connectivity index (χ3n) is 3.93. The van der Waals surface area contributed by atoms with Crippen LogP contribution in [-0.2, 0) is 6.18 Å². The van der Waals surface area contributed by atoms with Gasteiger partial charge in [0, 0.05) is 5.56 Å². The smallest absolute Gasteiger partial charge is 0.435 e. The van der Waals surface area contributed by atoms with E-state index >= 15 is 0 Å². The summed E-state index contributed by atoms with van der Waals surface area (Å²) in [5.74, 6) is 0.381. The lowest BCUT2D eigenvalue weighted by Crippen LogP contribution is -2.07. The van der Waals surface area contributed by atoms with Crippen LogP contribution in [0.2, 0.25) is 0 Å². The third kappa shape index (κ3) is 2.69. The van der Waals surface area contributed by atoms with Crippen LogP contribution in [0.15, 0.2) is 65.1 Å². The number of para-hydroxylation sites is 1. The maximum Gasteiger partial charge on any atom is 0.435 e. The minimum Gasteiger partial charge on any atom is -0.438 e. The molecule has 0 N–H and O–H groups in total. The van der Waals surface area contributed by atoms with Crippen molar-refractivity contribution in [1.29, 1.82) is 0 Å². The molecule has 0 radical (unpaired) electrons. The molecule has 126 valence electrons. The van der Waals surface area contributed by atoms with E-state index < -0.39 is 11.9 Å². The highest BCUT2D eigenvalue weighted by Crippen LogP contribution is 2.38. The molecule has 2 aromatic heterocycles. The largest absolute Gasteiger partial charge is 0.438 e. The fraction of sp³-hybridized carbons (Fsp3) is 0.105. The maximum absolute atomic E-state index is 13.4. The van der Waals surface area contributed by atoms with Gasteiger partial charge < -0.3 is 4.42 Å². The van der Waals surface area contributed by atoms with Gasteiger partial charge in [-0.3, -0.25) is 0 Å². The predicted octanol–water partition coefficient (Wildman–Crippen LogP) is 5.61. The van der Waals surface area contributed by atoms with E-state index in [1.54, 1.807) is 36.4 Å². The molecular formula is C19H13F3N2O. The zero-order chi connectivity index (χ0) is 17.6. The van der Waals surface area contributed by atoms with E-state index in [0.717, 1.165) is 11.1 Å². The number of aromatic nitrogens is 2. The van der Waals surface area contributed by atoms with Gasteiger partial charge in [0.2, 0.25) is 5.71 Å². The minimum absolute atomic E-state index is 0.0483. The number of hydrogen-bond donors (Lipinski definition) is 0. The first-order chi connectivity index (χ1) is 11.9. The second kappa shape index (κ2) is 5.51. The Labute approximate surface area is 141 Å². The number of fused-ring (bicyclic) bond motifs is 1. The monoisotopic (exact) mass is 342 g/mol. The number of furan rings is 1. The summed E-state index contributed by atoms with van der Waals surface area (Å²) in [5.41, 5.74) is 1.36. The molecule has 2 heterocycles. The standard InChI is InChI=1S/C19H13F3N2O/c1-12-6-5-7-13(10-12)16-11-15-17(19(20,21)22)23-24(18(15)25-16)14-8-3-2-4-9-14/h2-11H,1H3. The van der Waals surface area contributed by atoms with Crippen molar-refractivity contribution in [2.24, 2.45) is 0 Å². The molecule has 4 rings (SSSR count). The van der Waals surface area contributed by atoms with Crippen molar-refractivity contribution in [3.8, 4) is 17.0 Å². The first kappa shape index (κ1) is 15.5. The van der Waals surface area contributed by atoms with Crippen molar-refractivity contribution in [1.82, 2.24) is 9.78 Å². The maximum atomic E-state index is 13.4. The van der Waals surface area contributed by atoms with Gasteiger partial charge in [0.1, 0.15) is 5.76 Å². The van der Waals surface area contributed by atoms with Gasteiger partial charge in [-0.25, -0.2) is 0 Å². The Morgan fingerprint density at radius 1 is 0.960 bits per heavy atom. The Kier molecular flexibility index (Phi) is 3.42. The Hall–Kier alpha value is -3.02. The van der Waals surface area contributed by atoms with E-state index in [4.69, 9.17) is 4.42 Å². The molecule has 6 heteroatoms. The number of aryl methyl sites for hydroxylation is 1. The minimum atomic E-state index is -4.56. The highest BCUT2D eigenvalue weighted by atomic mass is 19.4. The number of benzene rings is 2. The van der Waals surface area contributed by atoms with E-state index in [0.29, 0.717) is 11.4 Å². The second-order valence-electron chi connectivity index (χ2n) is 5.79. The molecule has 0 atom stereocenters. The van der Waals surface area contributed by atoms with Gasteiger partial charge in [-0.1, -0.05) is 42.0 Å². The molecule has 0 fully saturated rings. The van der Waals surface area contributed by atoms with Crippen LogP contribution >= 0.6 is 0 Å². The van der Waals surface area contributed by atoms with Crippen molar-refractivity contribution >= 4 is 11.1 Å². The lowest BCUT2D eigenvalue weighted by molar-refractivity contribution is -0.140. The zero-order valence-electron chi connectivity index (χ0n) is 13.2. The van der Waals surface area contributed by atoms with Crippen LogP contribution in [0.5, 0.6) is 0 Å². The van der Waals surface area contributed by atoms with Crippen LogP contribution in [0.25, 0.3) is 28.1 Å². The van der Waals surface area contributed by atoms with Crippen molar-refractivity contribution in [3.05, 3.63) is 71.9 Å². The van der Waals surface area contributed by atoms with E-state index in [9.17, 15) is 13.2 Å². The topological polar surface area (TPSA) is 31.0 Å². The van der Waals surface area contributed by atoms with Crippen molar-refractivity contribution in [2.75, 3.05) is 0 Å². The zero-order valence-corrected chi connectivity index (χ0v) is 13.2. The van der Waals surface area contributed by atoms with Gasteiger partial charge >= 0.3 is 6.18 Å². The molecule has 4 aromatic rings. The quantitative estimate of drug-likeness (QED) is 0.474. The molecule has 0 aliphatic carbocycles. The number of alkyl halides is 3. The van der Waals surface area contributed by atoms with Crippen LogP contribution < -0.4 is 0 Å². The van der Waals surface area contributed by atoms with Crippen molar-refractivity contribution in [2.45, 2.75) is 13.1 Å². The summed E-state index contributed by atoms with van der Waals surface area (Å²) in [7, 11) is 0. The summed E-state index contributed by atoms with van der Waals surface area (Å²) < 4.78 is 47.2. The van der Waals surface area contributed by atoms with Crippen molar-refractivity contribution < 1.29 is 17.6 Å². The molecule has 0 aliphatic rings. The Bertz CT molecular complexity index is 1050. The third-order valence-corrected chi connectivity index (χ3v) is 3.93. The molecule has 0 saturated heterocycles. The second-order valence-corrected chi connectivity index (χ2v) is 5.79. The first-order valence-corrected chi connectivity index (χ1v) is 7.66. The molecule has 0 saturated carbocycles. The molecule has 25 heavy (non-hydrogen) atoms. The Morgan fingerprint density at radius 3 is 2.40 bits per heavy atom. The van der Waals surface area contributed by atoms with Gasteiger partial charge in [0.05, 0.1) is 11.1 Å². The molecule has 0 aliphatic heterocycles. The number of nitrogens with zero attached hydrogens (tertiary/aromatic N) is 2. The number of rotatable bonds is 2. The lowest BCUT2D eigenvalue weighted by Gasteiger charge is -2.04. The van der Waals surface area contributed by atoms with Crippen LogP contribution in [0.4, 0.5) is 13.2 Å². The van der Waals surface area contributed by atoms with Crippen LogP contribution in [0.3, 0.4) is 0 Å². The molecule has 3 nitrogen and oxygen atoms in total. The predicted molar refractivity (Wildman–Crippen MR) is 88.5 cm³/mol. The molecule has 0 spiro atoms. The summed E-state index contributed by atoms with van der Waals surface area (Å²) in [4.78, 5) is 0. The van der Waals surface area contributed by atoms with Gasteiger partial charge in [-0.15, -0.1) is 0 Å². The van der Waals surface area contributed by atoms with Crippen LogP contribution in [0.1, 0.15) is 11.3 Å². The SMILES string of the molecule is Cc1cccc(-c2cc3c(C(F)(F)F)nn(-c4ccccc4)c3o2)c1. The van der Waals surface area contributed by atoms with E-state index in [-0.39, 0.29) is 11.1 Å². The molecule has 0 amide bonds. The summed E-state index contributed by atoms with van der Waals surface area (Å²) in [5, 5.41) is 3.69. The summed E-state index contributed by atoms with van der Waals surface area (Å²) in [6, 6.07) is 17.5. The summed E-state index contributed by atoms with van der Waals surface area (Å²) >= 11 is 0. The highest BCUT2D eigenvalue weighted by Gasteiger charge is 2.38. The van der Waals surface area contributed by atoms with E-state index in [2.05, 4.69) is 5.10 Å². The number of halogens is 3. The normalized spacial score (nSPS) is 12.0. The van der Waals surface area contributed by atoms with E-state index in [1.807, 2.05) is 25.1 Å². The fourth-order valence-electron chi connectivity index (χ4n) is 2.80. The molecule has 0 bridgehead atoms. The average Bonchev–Trinajstić information content (AvgIpc) is 3.14. The van der Waals surface area contributed by atoms with Crippen molar-refractivity contribution in [3.63, 3.8) is 0 Å².